The van der Waals surface area contributed by atoms with Gasteiger partial charge in [-0.25, -0.2) is 0 Å². The first kappa shape index (κ1) is 69.3. The molecular formula is C67H114O6. The van der Waals surface area contributed by atoms with Crippen molar-refractivity contribution < 1.29 is 28.6 Å². The van der Waals surface area contributed by atoms with Crippen LogP contribution in [0.25, 0.3) is 0 Å². The molecule has 0 saturated heterocycles. The van der Waals surface area contributed by atoms with Crippen molar-refractivity contribution in [1.82, 2.24) is 0 Å². The molecule has 0 spiro atoms. The summed E-state index contributed by atoms with van der Waals surface area (Å²) in [5.74, 6) is -0.905. The monoisotopic (exact) mass is 1010 g/mol. The molecule has 0 fully saturated rings. The summed E-state index contributed by atoms with van der Waals surface area (Å²) >= 11 is 0. The lowest BCUT2D eigenvalue weighted by molar-refractivity contribution is -0.167. The number of carbonyl (C=O) groups excluding carboxylic acids is 3. The topological polar surface area (TPSA) is 78.9 Å². The highest BCUT2D eigenvalue weighted by Gasteiger charge is 2.19. The van der Waals surface area contributed by atoms with Crippen molar-refractivity contribution in [3.63, 3.8) is 0 Å². The zero-order valence-electron chi connectivity index (χ0n) is 47.9. The van der Waals surface area contributed by atoms with Crippen molar-refractivity contribution in [3.05, 3.63) is 97.2 Å². The van der Waals surface area contributed by atoms with Gasteiger partial charge in [0.05, 0.1) is 0 Å². The van der Waals surface area contributed by atoms with Crippen molar-refractivity contribution in [2.45, 2.75) is 297 Å². The van der Waals surface area contributed by atoms with Crippen LogP contribution in [0.5, 0.6) is 0 Å². The fourth-order valence-electron chi connectivity index (χ4n) is 8.46. The Bertz CT molecular complexity index is 1440. The Balaban J connectivity index is 4.43. The molecule has 418 valence electrons. The maximum absolute atomic E-state index is 12.9. The van der Waals surface area contributed by atoms with Crippen LogP contribution in [0.15, 0.2) is 97.2 Å². The molecular weight excluding hydrogens is 901 g/mol. The minimum atomic E-state index is -0.791. The molecule has 0 heterocycles. The summed E-state index contributed by atoms with van der Waals surface area (Å²) in [7, 11) is 0. The van der Waals surface area contributed by atoms with Gasteiger partial charge in [0.25, 0.3) is 0 Å². The lowest BCUT2D eigenvalue weighted by Gasteiger charge is -2.18. The van der Waals surface area contributed by atoms with Crippen molar-refractivity contribution in [2.75, 3.05) is 13.2 Å². The van der Waals surface area contributed by atoms with E-state index in [1.807, 2.05) is 0 Å². The normalized spacial score (nSPS) is 12.8. The highest BCUT2D eigenvalue weighted by Crippen LogP contribution is 2.15. The molecule has 0 radical (unpaired) electrons. The molecule has 0 rings (SSSR count). The molecule has 0 aromatic carbocycles. The SMILES string of the molecule is CC/C=C\C/C=C\C/C=C\C/C=C\CCCCCCCCC(=O)OCC(COC(=O)CCCCCCCCC/C=C\C/C=C\CCCCC)OC(=O)CCCCCCCCCCCC/C=C\C=C/CCCCC. The number of esters is 3. The smallest absolute Gasteiger partial charge is 0.306 e. The Morgan fingerprint density at radius 3 is 0.918 bits per heavy atom. The van der Waals surface area contributed by atoms with Gasteiger partial charge in [-0.05, 0) is 116 Å². The molecule has 0 aliphatic carbocycles. The largest absolute Gasteiger partial charge is 0.462 e. The van der Waals surface area contributed by atoms with Gasteiger partial charge < -0.3 is 14.2 Å². The van der Waals surface area contributed by atoms with Gasteiger partial charge in [-0.3, -0.25) is 14.4 Å². The number of ether oxygens (including phenoxy) is 3. The van der Waals surface area contributed by atoms with Crippen LogP contribution >= 0.6 is 0 Å². The molecule has 0 amide bonds. The zero-order chi connectivity index (χ0) is 52.9. The minimum absolute atomic E-state index is 0.0876. The molecule has 0 aromatic heterocycles. The number of rotatable bonds is 55. The third-order valence-electron chi connectivity index (χ3n) is 13.1. The van der Waals surface area contributed by atoms with E-state index in [9.17, 15) is 14.4 Å². The quantitative estimate of drug-likeness (QED) is 0.0199. The van der Waals surface area contributed by atoms with Crippen molar-refractivity contribution in [3.8, 4) is 0 Å². The third-order valence-corrected chi connectivity index (χ3v) is 13.1. The zero-order valence-corrected chi connectivity index (χ0v) is 47.9. The second kappa shape index (κ2) is 60.9. The Hall–Kier alpha value is -3.67. The Morgan fingerprint density at radius 1 is 0.301 bits per heavy atom. The predicted molar refractivity (Wildman–Crippen MR) is 316 cm³/mol. The van der Waals surface area contributed by atoms with Crippen LogP contribution in [0.1, 0.15) is 290 Å². The van der Waals surface area contributed by atoms with E-state index in [0.717, 1.165) is 109 Å². The second-order valence-corrected chi connectivity index (χ2v) is 20.3. The number of hydrogen-bond acceptors (Lipinski definition) is 6. The fraction of sp³-hybridized carbons (Fsp3) is 0.716. The van der Waals surface area contributed by atoms with Gasteiger partial charge in [0.1, 0.15) is 13.2 Å². The molecule has 0 N–H and O–H groups in total. The Labute approximate surface area is 451 Å². The van der Waals surface area contributed by atoms with Crippen molar-refractivity contribution in [2.24, 2.45) is 0 Å². The van der Waals surface area contributed by atoms with Gasteiger partial charge >= 0.3 is 17.9 Å². The first-order chi connectivity index (χ1) is 36.0. The highest BCUT2D eigenvalue weighted by atomic mass is 16.6. The van der Waals surface area contributed by atoms with Crippen LogP contribution < -0.4 is 0 Å². The fourth-order valence-corrected chi connectivity index (χ4v) is 8.46. The van der Waals surface area contributed by atoms with E-state index in [2.05, 4.69) is 118 Å². The third kappa shape index (κ3) is 59.1. The first-order valence-electron chi connectivity index (χ1n) is 30.8. The van der Waals surface area contributed by atoms with E-state index < -0.39 is 6.10 Å². The average molecular weight is 1020 g/mol. The molecule has 6 nitrogen and oxygen atoms in total. The van der Waals surface area contributed by atoms with E-state index in [1.54, 1.807) is 0 Å². The summed E-state index contributed by atoms with van der Waals surface area (Å²) in [5, 5.41) is 0. The summed E-state index contributed by atoms with van der Waals surface area (Å²) in [6.07, 6.45) is 81.1. The van der Waals surface area contributed by atoms with Crippen molar-refractivity contribution >= 4 is 17.9 Å². The van der Waals surface area contributed by atoms with E-state index in [1.165, 1.54) is 141 Å². The van der Waals surface area contributed by atoms with E-state index in [-0.39, 0.29) is 31.1 Å². The summed E-state index contributed by atoms with van der Waals surface area (Å²) in [6, 6.07) is 0. The number of allylic oxidation sites excluding steroid dienone is 16. The van der Waals surface area contributed by atoms with Gasteiger partial charge in [0.2, 0.25) is 0 Å². The van der Waals surface area contributed by atoms with Crippen LogP contribution in [-0.4, -0.2) is 37.2 Å². The van der Waals surface area contributed by atoms with Crippen LogP contribution in [0.2, 0.25) is 0 Å². The maximum atomic E-state index is 12.9. The summed E-state index contributed by atoms with van der Waals surface area (Å²) in [5.41, 5.74) is 0. The van der Waals surface area contributed by atoms with Crippen LogP contribution in [0.4, 0.5) is 0 Å². The maximum Gasteiger partial charge on any atom is 0.306 e. The Morgan fingerprint density at radius 2 is 0.575 bits per heavy atom. The molecule has 73 heavy (non-hydrogen) atoms. The highest BCUT2D eigenvalue weighted by molar-refractivity contribution is 5.71. The molecule has 6 heteroatoms. The lowest BCUT2D eigenvalue weighted by atomic mass is 10.1. The van der Waals surface area contributed by atoms with E-state index in [4.69, 9.17) is 14.2 Å². The standard InChI is InChI=1S/C67H114O6/c1-4-7-10-13-16-19-22-25-28-31-33-36-39-42-45-48-51-54-57-60-66(69)72-63-64(62-71-65(68)59-56-53-50-47-44-41-38-35-30-27-24-21-18-15-12-9-6-3)73-67(70)61-58-55-52-49-46-43-40-37-34-32-29-26-23-20-17-14-11-8-5-2/h7,10,16-21,23,25-28,30,33,36,64H,4-6,8-9,11-15,22,24,29,31-32,34-35,37-63H2,1-3H3/b10-7-,19-16-,20-17-,21-18-,26-23-,28-25-,30-27-,36-33-. The lowest BCUT2D eigenvalue weighted by Crippen LogP contribution is -2.30. The molecule has 0 bridgehead atoms. The van der Waals surface area contributed by atoms with Gasteiger partial charge in [0.15, 0.2) is 6.10 Å². The van der Waals surface area contributed by atoms with E-state index in [0.29, 0.717) is 19.3 Å². The molecule has 1 atom stereocenters. The Kier molecular flexibility index (Phi) is 57.8. The van der Waals surface area contributed by atoms with Crippen LogP contribution in [0.3, 0.4) is 0 Å². The molecule has 0 aliphatic heterocycles. The number of carbonyl (C=O) groups is 3. The van der Waals surface area contributed by atoms with Gasteiger partial charge in [-0.2, -0.15) is 0 Å². The predicted octanol–water partition coefficient (Wildman–Crippen LogP) is 20.9. The summed E-state index contributed by atoms with van der Waals surface area (Å²) in [4.78, 5) is 38.3. The number of unbranched alkanes of at least 4 members (excludes halogenated alkanes) is 29. The van der Waals surface area contributed by atoms with Crippen LogP contribution in [0, 0.1) is 0 Å². The molecule has 1 unspecified atom stereocenters. The second-order valence-electron chi connectivity index (χ2n) is 20.3. The first-order valence-corrected chi connectivity index (χ1v) is 30.8. The molecule has 0 aromatic rings. The average Bonchev–Trinajstić information content (AvgIpc) is 3.39. The molecule has 0 aliphatic rings. The summed E-state index contributed by atoms with van der Waals surface area (Å²) in [6.45, 7) is 6.47. The van der Waals surface area contributed by atoms with Gasteiger partial charge in [-0.1, -0.05) is 253 Å². The molecule has 0 saturated carbocycles. The minimum Gasteiger partial charge on any atom is -0.462 e. The van der Waals surface area contributed by atoms with E-state index >= 15 is 0 Å². The van der Waals surface area contributed by atoms with Crippen molar-refractivity contribution in [1.29, 1.82) is 0 Å². The van der Waals surface area contributed by atoms with Gasteiger partial charge in [-0.15, -0.1) is 0 Å². The number of hydrogen-bond donors (Lipinski definition) is 0. The summed E-state index contributed by atoms with van der Waals surface area (Å²) < 4.78 is 16.9. The van der Waals surface area contributed by atoms with Crippen LogP contribution in [-0.2, 0) is 28.6 Å². The van der Waals surface area contributed by atoms with Gasteiger partial charge in [0, 0.05) is 19.3 Å².